The lowest BCUT2D eigenvalue weighted by Crippen LogP contribution is -2.35. The van der Waals surface area contributed by atoms with Crippen molar-refractivity contribution in [1.29, 1.82) is 0 Å². The van der Waals surface area contributed by atoms with Crippen LogP contribution >= 0.6 is 0 Å². The van der Waals surface area contributed by atoms with Gasteiger partial charge in [-0.15, -0.1) is 0 Å². The molecule has 0 atom stereocenters. The van der Waals surface area contributed by atoms with Crippen LogP contribution in [0.4, 0.5) is 14.5 Å². The molecule has 0 aliphatic heterocycles. The van der Waals surface area contributed by atoms with E-state index in [9.17, 15) is 18.4 Å². The zero-order chi connectivity index (χ0) is 17.9. The van der Waals surface area contributed by atoms with Crippen LogP contribution in [0.25, 0.3) is 0 Å². The first-order valence-corrected chi connectivity index (χ1v) is 7.36. The smallest absolute Gasteiger partial charge is 0.254 e. The highest BCUT2D eigenvalue weighted by molar-refractivity contribution is 5.99. The Bertz CT molecular complexity index is 770. The second-order valence-electron chi connectivity index (χ2n) is 5.61. The lowest BCUT2D eigenvalue weighted by Gasteiger charge is -2.18. The maximum Gasteiger partial charge on any atom is 0.254 e. The Balaban J connectivity index is 2.05. The van der Waals surface area contributed by atoms with Crippen molar-refractivity contribution in [3.63, 3.8) is 0 Å². The third kappa shape index (κ3) is 3.95. The Morgan fingerprint density at radius 1 is 1.04 bits per heavy atom. The molecule has 4 nitrogen and oxygen atoms in total. The number of hydrogen-bond acceptors (Lipinski definition) is 2. The third-order valence-electron chi connectivity index (χ3n) is 3.64. The van der Waals surface area contributed by atoms with Gasteiger partial charge in [0.25, 0.3) is 5.91 Å². The molecule has 0 fully saturated rings. The van der Waals surface area contributed by atoms with E-state index in [1.165, 1.54) is 13.1 Å². The van der Waals surface area contributed by atoms with Crippen molar-refractivity contribution in [2.24, 2.45) is 0 Å². The zero-order valence-corrected chi connectivity index (χ0v) is 13.7. The molecule has 0 saturated carbocycles. The summed E-state index contributed by atoms with van der Waals surface area (Å²) in [5.74, 6) is -3.06. The van der Waals surface area contributed by atoms with Gasteiger partial charge in [0.05, 0.1) is 6.54 Å². The molecule has 2 amide bonds. The van der Waals surface area contributed by atoms with Gasteiger partial charge in [0.1, 0.15) is 0 Å². The third-order valence-corrected chi connectivity index (χ3v) is 3.64. The molecule has 0 bridgehead atoms. The number of rotatable bonds is 4. The Hall–Kier alpha value is -2.76. The van der Waals surface area contributed by atoms with E-state index < -0.39 is 17.5 Å². The van der Waals surface area contributed by atoms with Crippen molar-refractivity contribution in [2.45, 2.75) is 13.8 Å². The van der Waals surface area contributed by atoms with Gasteiger partial charge >= 0.3 is 0 Å². The molecule has 0 unspecified atom stereocenters. The molecule has 1 N–H and O–H groups in total. The van der Waals surface area contributed by atoms with Gasteiger partial charge in [0.2, 0.25) is 5.91 Å². The van der Waals surface area contributed by atoms with Gasteiger partial charge in [0.15, 0.2) is 11.6 Å². The Kier molecular flexibility index (Phi) is 5.28. The van der Waals surface area contributed by atoms with Crippen LogP contribution in [-0.4, -0.2) is 30.3 Å². The molecular weight excluding hydrogens is 314 g/mol. The summed E-state index contributed by atoms with van der Waals surface area (Å²) in [5, 5.41) is 2.77. The number of anilines is 1. The van der Waals surface area contributed by atoms with Crippen LogP contribution in [0.1, 0.15) is 21.5 Å². The molecule has 6 heteroatoms. The average molecular weight is 332 g/mol. The van der Waals surface area contributed by atoms with Crippen LogP contribution in [0.3, 0.4) is 0 Å². The fraction of sp³-hybridized carbons (Fsp3) is 0.222. The van der Waals surface area contributed by atoms with E-state index in [4.69, 9.17) is 0 Å². The van der Waals surface area contributed by atoms with E-state index in [1.807, 2.05) is 32.0 Å². The molecule has 0 aromatic heterocycles. The predicted octanol–water partition coefficient (Wildman–Crippen LogP) is 3.29. The molecule has 0 radical (unpaired) electrons. The average Bonchev–Trinajstić information content (AvgIpc) is 2.53. The van der Waals surface area contributed by atoms with Gasteiger partial charge in [-0.25, -0.2) is 8.78 Å². The maximum atomic E-state index is 13.2. The Morgan fingerprint density at radius 2 is 1.67 bits per heavy atom. The van der Waals surface area contributed by atoms with Gasteiger partial charge in [-0.1, -0.05) is 18.2 Å². The van der Waals surface area contributed by atoms with Gasteiger partial charge < -0.3 is 10.2 Å². The van der Waals surface area contributed by atoms with Crippen LogP contribution in [0, 0.1) is 25.5 Å². The van der Waals surface area contributed by atoms with E-state index >= 15 is 0 Å². The minimum Gasteiger partial charge on any atom is -0.332 e. The molecule has 0 spiro atoms. The van der Waals surface area contributed by atoms with Gasteiger partial charge in [0, 0.05) is 18.3 Å². The van der Waals surface area contributed by atoms with Gasteiger partial charge in [-0.2, -0.15) is 0 Å². The first-order chi connectivity index (χ1) is 11.3. The number of hydrogen-bond donors (Lipinski definition) is 1. The molecule has 0 heterocycles. The number of nitrogens with one attached hydrogen (secondary N) is 1. The van der Waals surface area contributed by atoms with E-state index in [2.05, 4.69) is 5.32 Å². The molecule has 24 heavy (non-hydrogen) atoms. The molecule has 2 aromatic carbocycles. The van der Waals surface area contributed by atoms with Crippen molar-refractivity contribution in [3.8, 4) is 0 Å². The summed E-state index contributed by atoms with van der Waals surface area (Å²) in [7, 11) is 1.42. The SMILES string of the molecule is Cc1cccc(C)c1NC(=O)CN(C)C(=O)c1ccc(F)c(F)c1. The van der Waals surface area contributed by atoms with E-state index in [0.29, 0.717) is 5.69 Å². The minimum atomic E-state index is -1.10. The van der Waals surface area contributed by atoms with E-state index in [1.54, 1.807) is 0 Å². The molecule has 2 aromatic rings. The first kappa shape index (κ1) is 17.6. The van der Waals surface area contributed by atoms with Gasteiger partial charge in [-0.05, 0) is 43.2 Å². The number of likely N-dealkylation sites (N-methyl/N-ethyl adjacent to an activating group) is 1. The number of carbonyl (C=O) groups excluding carboxylic acids is 2. The van der Waals surface area contributed by atoms with E-state index in [-0.39, 0.29) is 18.0 Å². The van der Waals surface area contributed by atoms with Crippen molar-refractivity contribution in [2.75, 3.05) is 18.9 Å². The van der Waals surface area contributed by atoms with Crippen molar-refractivity contribution < 1.29 is 18.4 Å². The monoisotopic (exact) mass is 332 g/mol. The number of carbonyl (C=O) groups is 2. The largest absolute Gasteiger partial charge is 0.332 e. The summed E-state index contributed by atoms with van der Waals surface area (Å²) >= 11 is 0. The maximum absolute atomic E-state index is 13.2. The summed E-state index contributed by atoms with van der Waals surface area (Å²) in [6.45, 7) is 3.54. The highest BCUT2D eigenvalue weighted by Crippen LogP contribution is 2.19. The van der Waals surface area contributed by atoms with Crippen molar-refractivity contribution in [3.05, 3.63) is 64.7 Å². The van der Waals surface area contributed by atoms with Crippen LogP contribution in [0.5, 0.6) is 0 Å². The number of nitrogens with zero attached hydrogens (tertiary/aromatic N) is 1. The van der Waals surface area contributed by atoms with Crippen LogP contribution in [0.15, 0.2) is 36.4 Å². The van der Waals surface area contributed by atoms with Crippen molar-refractivity contribution in [1.82, 2.24) is 4.90 Å². The predicted molar refractivity (Wildman–Crippen MR) is 87.9 cm³/mol. The standard InChI is InChI=1S/C18H18F2N2O2/c1-11-5-4-6-12(2)17(11)21-16(23)10-22(3)18(24)13-7-8-14(19)15(20)9-13/h4-9H,10H2,1-3H3,(H,21,23). The molecule has 0 saturated heterocycles. The molecule has 2 rings (SSSR count). The fourth-order valence-electron chi connectivity index (χ4n) is 2.33. The quantitative estimate of drug-likeness (QED) is 0.934. The summed E-state index contributed by atoms with van der Waals surface area (Å²) in [5.41, 5.74) is 2.52. The number of amides is 2. The summed E-state index contributed by atoms with van der Waals surface area (Å²) in [6, 6.07) is 8.52. The normalized spacial score (nSPS) is 10.4. The number of benzene rings is 2. The Morgan fingerprint density at radius 3 is 2.25 bits per heavy atom. The lowest BCUT2D eigenvalue weighted by atomic mass is 10.1. The number of aryl methyl sites for hydroxylation is 2. The van der Waals surface area contributed by atoms with Gasteiger partial charge in [-0.3, -0.25) is 9.59 Å². The lowest BCUT2D eigenvalue weighted by molar-refractivity contribution is -0.116. The summed E-state index contributed by atoms with van der Waals surface area (Å²) < 4.78 is 26.1. The second-order valence-corrected chi connectivity index (χ2v) is 5.61. The molecule has 0 aliphatic carbocycles. The van der Waals surface area contributed by atoms with Crippen molar-refractivity contribution >= 4 is 17.5 Å². The summed E-state index contributed by atoms with van der Waals surface area (Å²) in [4.78, 5) is 25.5. The second kappa shape index (κ2) is 7.21. The highest BCUT2D eigenvalue weighted by Gasteiger charge is 2.17. The zero-order valence-electron chi connectivity index (χ0n) is 13.7. The fourth-order valence-corrected chi connectivity index (χ4v) is 2.33. The molecular formula is C18H18F2N2O2. The Labute approximate surface area is 139 Å². The summed E-state index contributed by atoms with van der Waals surface area (Å²) in [6.07, 6.45) is 0. The number of halogens is 2. The number of para-hydroxylation sites is 1. The van der Waals surface area contributed by atoms with Crippen LogP contribution in [-0.2, 0) is 4.79 Å². The molecule has 126 valence electrons. The van der Waals surface area contributed by atoms with Crippen LogP contribution < -0.4 is 5.32 Å². The molecule has 0 aliphatic rings. The first-order valence-electron chi connectivity index (χ1n) is 7.36. The van der Waals surface area contributed by atoms with Crippen LogP contribution in [0.2, 0.25) is 0 Å². The topological polar surface area (TPSA) is 49.4 Å². The van der Waals surface area contributed by atoms with E-state index in [0.717, 1.165) is 28.2 Å². The minimum absolute atomic E-state index is 0.0173. The highest BCUT2D eigenvalue weighted by atomic mass is 19.2.